The van der Waals surface area contributed by atoms with E-state index in [1.54, 1.807) is 6.07 Å². The first-order valence-electron chi connectivity index (χ1n) is 11.1. The van der Waals surface area contributed by atoms with Crippen LogP contribution in [0.4, 0.5) is 26.3 Å². The molecule has 0 aliphatic heterocycles. The quantitative estimate of drug-likeness (QED) is 0.187. The Morgan fingerprint density at radius 3 is 1.85 bits per heavy atom. The zero-order valence-electron chi connectivity index (χ0n) is 18.5. The van der Waals surface area contributed by atoms with Gasteiger partial charge in [-0.1, -0.05) is 37.6 Å². The number of aryl methyl sites for hydroxylation is 3. The van der Waals surface area contributed by atoms with E-state index in [1.807, 2.05) is 6.92 Å². The van der Waals surface area contributed by atoms with Crippen molar-refractivity contribution in [3.05, 3.63) is 106 Å². The summed E-state index contributed by atoms with van der Waals surface area (Å²) in [6, 6.07) is 12.1. The molecule has 0 saturated carbocycles. The van der Waals surface area contributed by atoms with Gasteiger partial charge in [-0.15, -0.1) is 0 Å². The summed E-state index contributed by atoms with van der Waals surface area (Å²) in [5.74, 6) is -5.98. The second-order valence-electron chi connectivity index (χ2n) is 8.39. The van der Waals surface area contributed by atoms with E-state index in [0.29, 0.717) is 28.5 Å². The number of hydrogen-bond donors (Lipinski definition) is 0. The third kappa shape index (κ3) is 4.81. The molecule has 4 aromatic rings. The van der Waals surface area contributed by atoms with Gasteiger partial charge in [0.15, 0.2) is 17.5 Å². The zero-order valence-corrected chi connectivity index (χ0v) is 18.5. The molecule has 0 N–H and O–H groups in total. The summed E-state index contributed by atoms with van der Waals surface area (Å²) >= 11 is 0. The Balaban J connectivity index is 1.61. The summed E-state index contributed by atoms with van der Waals surface area (Å²) in [6.45, 7) is 2.00. The number of rotatable bonds is 7. The Kier molecular flexibility index (Phi) is 6.96. The molecule has 0 aromatic heterocycles. The highest BCUT2D eigenvalue weighted by atomic mass is 19.2. The fraction of sp³-hybridized carbons (Fsp3) is 0.214. The van der Waals surface area contributed by atoms with Crippen LogP contribution >= 0.6 is 0 Å². The highest BCUT2D eigenvalue weighted by Gasteiger charge is 2.16. The second-order valence-corrected chi connectivity index (χ2v) is 8.39. The second kappa shape index (κ2) is 9.92. The third-order valence-corrected chi connectivity index (χ3v) is 5.97. The Hall–Kier alpha value is -3.28. The van der Waals surface area contributed by atoms with Gasteiger partial charge in [0.2, 0.25) is 0 Å². The van der Waals surface area contributed by atoms with Crippen LogP contribution in [0.25, 0.3) is 21.9 Å². The molecule has 176 valence electrons. The SMILES string of the molecule is CCCCc1cc(F)c(-c2ccc3c(F)c(CCc4cc(F)c(F)c(F)c4)ccc3c2)c(F)c1. The van der Waals surface area contributed by atoms with Gasteiger partial charge in [-0.05, 0) is 83.7 Å². The Morgan fingerprint density at radius 1 is 0.588 bits per heavy atom. The van der Waals surface area contributed by atoms with Crippen molar-refractivity contribution in [3.63, 3.8) is 0 Å². The summed E-state index contributed by atoms with van der Waals surface area (Å²) < 4.78 is 84.5. The van der Waals surface area contributed by atoms with Crippen molar-refractivity contribution < 1.29 is 26.3 Å². The molecule has 0 heterocycles. The number of benzene rings is 4. The maximum atomic E-state index is 15.1. The summed E-state index contributed by atoms with van der Waals surface area (Å²) in [7, 11) is 0. The molecule has 0 aliphatic rings. The fourth-order valence-electron chi connectivity index (χ4n) is 4.14. The zero-order chi connectivity index (χ0) is 24.4. The first kappa shape index (κ1) is 23.9. The molecule has 0 saturated heterocycles. The lowest BCUT2D eigenvalue weighted by molar-refractivity contribution is 0.445. The smallest absolute Gasteiger partial charge is 0.194 e. The van der Waals surface area contributed by atoms with Crippen LogP contribution in [0.1, 0.15) is 36.5 Å². The molecule has 6 heteroatoms. The number of hydrogen-bond acceptors (Lipinski definition) is 0. The summed E-state index contributed by atoms with van der Waals surface area (Å²) in [5, 5.41) is 0.726. The van der Waals surface area contributed by atoms with Crippen LogP contribution in [0.15, 0.2) is 54.6 Å². The van der Waals surface area contributed by atoms with Gasteiger partial charge in [0.05, 0.1) is 5.56 Å². The molecule has 0 atom stereocenters. The highest BCUT2D eigenvalue weighted by Crippen LogP contribution is 2.32. The molecule has 0 amide bonds. The van der Waals surface area contributed by atoms with Crippen LogP contribution < -0.4 is 0 Å². The molecule has 0 unspecified atom stereocenters. The van der Waals surface area contributed by atoms with Crippen LogP contribution in [-0.4, -0.2) is 0 Å². The molecule has 0 spiro atoms. The van der Waals surface area contributed by atoms with Crippen molar-refractivity contribution in [2.45, 2.75) is 39.0 Å². The number of halogens is 6. The third-order valence-electron chi connectivity index (χ3n) is 5.97. The molecule has 0 fully saturated rings. The van der Waals surface area contributed by atoms with Crippen LogP contribution in [0, 0.1) is 34.9 Å². The maximum Gasteiger partial charge on any atom is 0.194 e. The predicted octanol–water partition coefficient (Wildman–Crippen LogP) is 8.47. The van der Waals surface area contributed by atoms with Crippen LogP contribution in [0.3, 0.4) is 0 Å². The van der Waals surface area contributed by atoms with E-state index < -0.39 is 34.9 Å². The highest BCUT2D eigenvalue weighted by molar-refractivity contribution is 5.88. The van der Waals surface area contributed by atoms with Gasteiger partial charge in [-0.3, -0.25) is 0 Å². The van der Waals surface area contributed by atoms with Gasteiger partial charge < -0.3 is 0 Å². The largest absolute Gasteiger partial charge is 0.206 e. The molecule has 4 aromatic carbocycles. The van der Waals surface area contributed by atoms with Crippen molar-refractivity contribution in [1.29, 1.82) is 0 Å². The molecule has 0 nitrogen and oxygen atoms in total. The van der Waals surface area contributed by atoms with Crippen molar-refractivity contribution in [1.82, 2.24) is 0 Å². The van der Waals surface area contributed by atoms with Gasteiger partial charge in [0, 0.05) is 5.39 Å². The normalized spacial score (nSPS) is 11.4. The monoisotopic (exact) mass is 472 g/mol. The molecule has 0 radical (unpaired) electrons. The first-order chi connectivity index (χ1) is 16.3. The van der Waals surface area contributed by atoms with Crippen molar-refractivity contribution in [2.75, 3.05) is 0 Å². The van der Waals surface area contributed by atoms with E-state index in [0.717, 1.165) is 25.0 Å². The Bertz CT molecular complexity index is 1310. The van der Waals surface area contributed by atoms with E-state index in [4.69, 9.17) is 0 Å². The molecule has 0 bridgehead atoms. The lowest BCUT2D eigenvalue weighted by Gasteiger charge is -2.11. The topological polar surface area (TPSA) is 0 Å². The minimum Gasteiger partial charge on any atom is -0.206 e. The fourth-order valence-corrected chi connectivity index (χ4v) is 4.14. The summed E-state index contributed by atoms with van der Waals surface area (Å²) in [4.78, 5) is 0. The summed E-state index contributed by atoms with van der Waals surface area (Å²) in [6.07, 6.45) is 2.58. The standard InChI is InChI=1S/C28H22F6/c1-2-3-4-16-11-22(29)26(23(30)12-16)20-9-10-21-19(15-20)8-7-18(27(21)33)6-5-17-13-24(31)28(34)25(32)14-17/h7-15H,2-6H2,1H3. The minimum atomic E-state index is -1.54. The van der Waals surface area contributed by atoms with Gasteiger partial charge in [-0.2, -0.15) is 0 Å². The Morgan fingerprint density at radius 2 is 1.21 bits per heavy atom. The Labute approximate surface area is 193 Å². The van der Waals surface area contributed by atoms with Crippen molar-refractivity contribution in [3.8, 4) is 11.1 Å². The van der Waals surface area contributed by atoms with E-state index in [-0.39, 0.29) is 29.4 Å². The van der Waals surface area contributed by atoms with Crippen LogP contribution in [0.5, 0.6) is 0 Å². The van der Waals surface area contributed by atoms with E-state index >= 15 is 4.39 Å². The number of fused-ring (bicyclic) bond motifs is 1. The molecule has 0 aliphatic carbocycles. The number of unbranched alkanes of at least 4 members (excludes halogenated alkanes) is 1. The average molecular weight is 472 g/mol. The first-order valence-corrected chi connectivity index (χ1v) is 11.1. The van der Waals surface area contributed by atoms with Crippen LogP contribution in [-0.2, 0) is 19.3 Å². The van der Waals surface area contributed by atoms with Gasteiger partial charge in [0.1, 0.15) is 17.5 Å². The molecule has 34 heavy (non-hydrogen) atoms. The van der Waals surface area contributed by atoms with E-state index in [1.165, 1.54) is 36.4 Å². The molecule has 4 rings (SSSR count). The van der Waals surface area contributed by atoms with Gasteiger partial charge >= 0.3 is 0 Å². The lowest BCUT2D eigenvalue weighted by atomic mass is 9.95. The predicted molar refractivity (Wildman–Crippen MR) is 122 cm³/mol. The lowest BCUT2D eigenvalue weighted by Crippen LogP contribution is -1.99. The van der Waals surface area contributed by atoms with Crippen molar-refractivity contribution in [2.24, 2.45) is 0 Å². The van der Waals surface area contributed by atoms with E-state index in [9.17, 15) is 22.0 Å². The molecular weight excluding hydrogens is 450 g/mol. The average Bonchev–Trinajstić information content (AvgIpc) is 2.80. The van der Waals surface area contributed by atoms with Crippen molar-refractivity contribution >= 4 is 10.8 Å². The van der Waals surface area contributed by atoms with E-state index in [2.05, 4.69) is 0 Å². The van der Waals surface area contributed by atoms with Crippen LogP contribution in [0.2, 0.25) is 0 Å². The maximum absolute atomic E-state index is 15.1. The minimum absolute atomic E-state index is 0.107. The molecular formula is C28H22F6. The van der Waals surface area contributed by atoms with Gasteiger partial charge in [-0.25, -0.2) is 26.3 Å². The summed E-state index contributed by atoms with van der Waals surface area (Å²) in [5.41, 5.74) is 1.25. The van der Waals surface area contributed by atoms with Gasteiger partial charge in [0.25, 0.3) is 0 Å².